The number of hydrogen-bond donors (Lipinski definition) is 3. The lowest BCUT2D eigenvalue weighted by Crippen LogP contribution is -2.35. The van der Waals surface area contributed by atoms with E-state index in [4.69, 9.17) is 0 Å². The van der Waals surface area contributed by atoms with E-state index in [9.17, 15) is 23.1 Å². The molecular weight excluding hydrogens is 465 g/mol. The number of anilines is 1. The maximum Gasteiger partial charge on any atom is 0.443 e. The van der Waals surface area contributed by atoms with Crippen molar-refractivity contribution >= 4 is 22.9 Å². The van der Waals surface area contributed by atoms with Crippen LogP contribution in [0, 0.1) is 0 Å². The normalized spacial score (nSPS) is 20.1. The number of nitrogens with one attached hydrogen (secondary N) is 2. The Morgan fingerprint density at radius 1 is 1.26 bits per heavy atom. The summed E-state index contributed by atoms with van der Waals surface area (Å²) in [5.74, 6) is -1.23. The van der Waals surface area contributed by atoms with Gasteiger partial charge in [-0.05, 0) is 49.9 Å². The van der Waals surface area contributed by atoms with Gasteiger partial charge in [0.1, 0.15) is 0 Å². The minimum atomic E-state index is -4.51. The number of benzene rings is 1. The SMILES string of the molecule is C[C@@H](C(=O)Nc1ccc(C[C@@H]2CC[C@H]([C@H](O)c3cccnc3)N2)cc1)c1csc(C(F)(F)F)n1. The molecule has 1 aliphatic heterocycles. The highest BCUT2D eigenvalue weighted by atomic mass is 32.1. The number of nitrogens with zero attached hydrogens (tertiary/aromatic N) is 2. The molecule has 34 heavy (non-hydrogen) atoms. The van der Waals surface area contributed by atoms with Crippen LogP contribution >= 0.6 is 11.3 Å². The van der Waals surface area contributed by atoms with Crippen molar-refractivity contribution in [2.45, 2.75) is 56.5 Å². The molecule has 0 spiro atoms. The van der Waals surface area contributed by atoms with Gasteiger partial charge >= 0.3 is 6.18 Å². The maximum atomic E-state index is 12.8. The molecule has 10 heteroatoms. The van der Waals surface area contributed by atoms with Gasteiger partial charge in [-0.25, -0.2) is 4.98 Å². The third-order valence-electron chi connectivity index (χ3n) is 5.99. The molecule has 180 valence electrons. The first-order valence-electron chi connectivity index (χ1n) is 11.0. The van der Waals surface area contributed by atoms with E-state index in [0.29, 0.717) is 17.0 Å². The standard InChI is InChI=1S/C24H25F3N4O2S/c1-14(20-13-34-23(31-20)24(25,26)27)22(33)30-17-6-4-15(5-7-17)11-18-8-9-19(29-18)21(32)16-3-2-10-28-12-16/h2-7,10,12-14,18-19,21,29,32H,8-9,11H2,1H3,(H,30,33)/t14-,18+,19-,21-/m1/s1. The number of pyridine rings is 1. The average Bonchev–Trinajstić information content (AvgIpc) is 3.50. The zero-order valence-electron chi connectivity index (χ0n) is 18.4. The van der Waals surface area contributed by atoms with Crippen molar-refractivity contribution in [3.63, 3.8) is 0 Å². The van der Waals surface area contributed by atoms with Crippen LogP contribution < -0.4 is 10.6 Å². The molecule has 0 bridgehead atoms. The highest BCUT2D eigenvalue weighted by Gasteiger charge is 2.35. The first-order chi connectivity index (χ1) is 16.2. The maximum absolute atomic E-state index is 12.8. The summed E-state index contributed by atoms with van der Waals surface area (Å²) in [5.41, 5.74) is 2.54. The summed E-state index contributed by atoms with van der Waals surface area (Å²) in [6.07, 6.45) is 0.807. The number of hydrogen-bond acceptors (Lipinski definition) is 6. The van der Waals surface area contributed by atoms with E-state index >= 15 is 0 Å². The van der Waals surface area contributed by atoms with Gasteiger partial charge in [0.05, 0.1) is 17.7 Å². The number of alkyl halides is 3. The lowest BCUT2D eigenvalue weighted by Gasteiger charge is -2.20. The van der Waals surface area contributed by atoms with Gasteiger partial charge in [0, 0.05) is 41.1 Å². The average molecular weight is 491 g/mol. The molecule has 3 heterocycles. The Hall–Kier alpha value is -2.82. The number of carbonyl (C=O) groups excluding carboxylic acids is 1. The van der Waals surface area contributed by atoms with E-state index in [1.54, 1.807) is 24.5 Å². The van der Waals surface area contributed by atoms with Crippen molar-refractivity contribution in [2.24, 2.45) is 0 Å². The molecule has 0 aliphatic carbocycles. The second-order valence-corrected chi connectivity index (χ2v) is 9.32. The molecule has 1 amide bonds. The van der Waals surface area contributed by atoms with Crippen LogP contribution in [0.5, 0.6) is 0 Å². The predicted molar refractivity (Wildman–Crippen MR) is 123 cm³/mol. The minimum Gasteiger partial charge on any atom is -0.387 e. The van der Waals surface area contributed by atoms with Gasteiger partial charge < -0.3 is 15.7 Å². The Bertz CT molecular complexity index is 1110. The quantitative estimate of drug-likeness (QED) is 0.447. The molecule has 4 atom stereocenters. The van der Waals surface area contributed by atoms with E-state index in [1.807, 2.05) is 24.3 Å². The van der Waals surface area contributed by atoms with Crippen LogP contribution in [0.4, 0.5) is 18.9 Å². The molecule has 2 aromatic heterocycles. The summed E-state index contributed by atoms with van der Waals surface area (Å²) < 4.78 is 38.3. The summed E-state index contributed by atoms with van der Waals surface area (Å²) in [7, 11) is 0. The molecule has 3 N–H and O–H groups in total. The summed E-state index contributed by atoms with van der Waals surface area (Å²) in [6.45, 7) is 1.53. The summed E-state index contributed by atoms with van der Waals surface area (Å²) >= 11 is 0.485. The van der Waals surface area contributed by atoms with Crippen molar-refractivity contribution in [3.8, 4) is 0 Å². The number of aliphatic hydroxyl groups excluding tert-OH is 1. The summed E-state index contributed by atoms with van der Waals surface area (Å²) in [6, 6.07) is 11.3. The van der Waals surface area contributed by atoms with Crippen LogP contribution in [0.1, 0.15) is 53.6 Å². The predicted octanol–water partition coefficient (Wildman–Crippen LogP) is 4.70. The number of aromatic nitrogens is 2. The fraction of sp³-hybridized carbons (Fsp3) is 0.375. The van der Waals surface area contributed by atoms with E-state index in [0.717, 1.165) is 30.4 Å². The first kappa shape index (κ1) is 24.3. The Morgan fingerprint density at radius 3 is 2.68 bits per heavy atom. The van der Waals surface area contributed by atoms with Gasteiger partial charge in [-0.2, -0.15) is 13.2 Å². The minimum absolute atomic E-state index is 0.0298. The van der Waals surface area contributed by atoms with Crippen molar-refractivity contribution in [1.29, 1.82) is 0 Å². The molecule has 0 radical (unpaired) electrons. The topological polar surface area (TPSA) is 87.1 Å². The molecule has 1 aliphatic rings. The monoisotopic (exact) mass is 490 g/mol. The molecule has 0 saturated carbocycles. The zero-order valence-corrected chi connectivity index (χ0v) is 19.2. The van der Waals surface area contributed by atoms with Crippen molar-refractivity contribution in [3.05, 3.63) is 76.0 Å². The molecule has 0 unspecified atom stereocenters. The first-order valence-corrected chi connectivity index (χ1v) is 11.8. The van der Waals surface area contributed by atoms with Gasteiger partial charge in [0.2, 0.25) is 5.91 Å². The third kappa shape index (κ3) is 5.81. The van der Waals surface area contributed by atoms with Crippen molar-refractivity contribution in [1.82, 2.24) is 15.3 Å². The molecule has 1 saturated heterocycles. The second-order valence-electron chi connectivity index (χ2n) is 8.47. The Kier molecular flexibility index (Phi) is 7.30. The number of amides is 1. The van der Waals surface area contributed by atoms with Crippen LogP contribution in [-0.4, -0.2) is 33.1 Å². The number of thiazole rings is 1. The molecule has 4 rings (SSSR count). The van der Waals surface area contributed by atoms with Crippen molar-refractivity contribution < 1.29 is 23.1 Å². The van der Waals surface area contributed by atoms with Gasteiger partial charge in [-0.3, -0.25) is 9.78 Å². The Balaban J connectivity index is 1.29. The molecule has 3 aromatic rings. The van der Waals surface area contributed by atoms with Crippen LogP contribution in [0.3, 0.4) is 0 Å². The van der Waals surface area contributed by atoms with Crippen LogP contribution in [-0.2, 0) is 17.4 Å². The van der Waals surface area contributed by atoms with Gasteiger partial charge in [0.15, 0.2) is 5.01 Å². The molecule has 1 aromatic carbocycles. The van der Waals surface area contributed by atoms with E-state index in [-0.39, 0.29) is 17.8 Å². The number of aliphatic hydroxyl groups is 1. The fourth-order valence-corrected chi connectivity index (χ4v) is 4.83. The highest BCUT2D eigenvalue weighted by molar-refractivity contribution is 7.09. The van der Waals surface area contributed by atoms with Gasteiger partial charge in [-0.15, -0.1) is 11.3 Å². The Morgan fingerprint density at radius 2 is 2.03 bits per heavy atom. The summed E-state index contributed by atoms with van der Waals surface area (Å²) in [4.78, 5) is 20.1. The lowest BCUT2D eigenvalue weighted by molar-refractivity contribution is -0.137. The molecule has 1 fully saturated rings. The molecular formula is C24H25F3N4O2S. The number of rotatable bonds is 7. The van der Waals surface area contributed by atoms with Gasteiger partial charge in [-0.1, -0.05) is 18.2 Å². The smallest absolute Gasteiger partial charge is 0.387 e. The van der Waals surface area contributed by atoms with Crippen LogP contribution in [0.2, 0.25) is 0 Å². The van der Waals surface area contributed by atoms with Gasteiger partial charge in [0.25, 0.3) is 0 Å². The van der Waals surface area contributed by atoms with E-state index < -0.39 is 29.1 Å². The second kappa shape index (κ2) is 10.2. The van der Waals surface area contributed by atoms with E-state index in [2.05, 4.69) is 20.6 Å². The van der Waals surface area contributed by atoms with Crippen molar-refractivity contribution in [2.75, 3.05) is 5.32 Å². The van der Waals surface area contributed by atoms with E-state index in [1.165, 1.54) is 12.3 Å². The molecule has 6 nitrogen and oxygen atoms in total. The number of halogens is 3. The zero-order chi connectivity index (χ0) is 24.3. The highest BCUT2D eigenvalue weighted by Crippen LogP contribution is 2.33. The number of carbonyl (C=O) groups is 1. The lowest BCUT2D eigenvalue weighted by atomic mass is 10.0. The third-order valence-corrected chi connectivity index (χ3v) is 6.89. The largest absolute Gasteiger partial charge is 0.443 e. The van der Waals surface area contributed by atoms with Crippen LogP contribution in [0.15, 0.2) is 54.2 Å². The fourth-order valence-electron chi connectivity index (χ4n) is 4.05. The Labute approximate surface area is 199 Å². The van der Waals surface area contributed by atoms with Crippen LogP contribution in [0.25, 0.3) is 0 Å². The summed E-state index contributed by atoms with van der Waals surface area (Å²) in [5, 5.41) is 17.1.